The Morgan fingerprint density at radius 3 is 2.46 bits per heavy atom. The fourth-order valence-electron chi connectivity index (χ4n) is 2.39. The molecule has 0 amide bonds. The Morgan fingerprint density at radius 2 is 1.92 bits per heavy atom. The summed E-state index contributed by atoms with van der Waals surface area (Å²) in [6, 6.07) is 12.3. The van der Waals surface area contributed by atoms with E-state index in [0.717, 1.165) is 5.56 Å². The molecule has 0 radical (unpaired) electrons. The van der Waals surface area contributed by atoms with Crippen molar-refractivity contribution in [2.45, 2.75) is 11.8 Å². The van der Waals surface area contributed by atoms with E-state index in [-0.39, 0.29) is 5.88 Å². The Labute approximate surface area is 142 Å². The van der Waals surface area contributed by atoms with Crippen LogP contribution in [0.5, 0.6) is 5.88 Å². The van der Waals surface area contributed by atoms with E-state index >= 15 is 0 Å². The van der Waals surface area contributed by atoms with Gasteiger partial charge in [0.25, 0.3) is 0 Å². The molecule has 0 bridgehead atoms. The predicted molar refractivity (Wildman–Crippen MR) is 90.2 cm³/mol. The van der Waals surface area contributed by atoms with Crippen molar-refractivity contribution in [2.75, 3.05) is 6.26 Å². The molecule has 1 N–H and O–H groups in total. The lowest BCUT2D eigenvalue weighted by molar-refractivity contribution is 0.433. The highest BCUT2D eigenvalue weighted by atomic mass is 32.2. The fourth-order valence-corrected chi connectivity index (χ4v) is 2.85. The lowest BCUT2D eigenvalue weighted by atomic mass is 10.0. The van der Waals surface area contributed by atoms with Gasteiger partial charge >= 0.3 is 0 Å². The van der Waals surface area contributed by atoms with Gasteiger partial charge in [-0.3, -0.25) is 0 Å². The Balaban J connectivity index is 2.04. The van der Waals surface area contributed by atoms with Crippen molar-refractivity contribution in [1.82, 2.24) is 14.8 Å². The molecule has 2 heterocycles. The number of hydrogen-bond donors (Lipinski definition) is 1. The number of nitrogens with zero attached hydrogens (tertiary/aromatic N) is 4. The molecule has 0 aliphatic heterocycles. The molecule has 7 heteroatoms. The Kier molecular flexibility index (Phi) is 4.25. The molecule has 0 aliphatic rings. The zero-order valence-electron chi connectivity index (χ0n) is 13.1. The Morgan fingerprint density at radius 1 is 1.21 bits per heavy atom. The monoisotopic (exact) mass is 338 g/mol. The van der Waals surface area contributed by atoms with Crippen LogP contribution in [0.1, 0.15) is 11.3 Å². The van der Waals surface area contributed by atoms with E-state index in [1.165, 1.54) is 10.9 Å². The van der Waals surface area contributed by atoms with Gasteiger partial charge in [0.1, 0.15) is 6.26 Å². The molecule has 0 spiro atoms. The van der Waals surface area contributed by atoms with Crippen LogP contribution in [-0.2, 0) is 11.2 Å². The van der Waals surface area contributed by atoms with E-state index < -0.39 is 11.2 Å². The van der Waals surface area contributed by atoms with Gasteiger partial charge in [0.15, 0.2) is 10.7 Å². The summed E-state index contributed by atoms with van der Waals surface area (Å²) in [7, 11) is 0. The van der Waals surface area contributed by atoms with E-state index in [1.54, 1.807) is 49.6 Å². The molecule has 0 saturated carbocycles. The second kappa shape index (κ2) is 6.35. The number of pyridine rings is 1. The van der Waals surface area contributed by atoms with Gasteiger partial charge in [0, 0.05) is 0 Å². The lowest BCUT2D eigenvalue weighted by Crippen LogP contribution is -2.02. The maximum Gasteiger partial charge on any atom is 0.223 e. The standard InChI is InChI=1S/C17H14N4O2S/c1-11-16(13-5-3-12(9-18)4-6-13)17(22)21(20-11)15-8-7-14(10-19-15)24(2)23/h3-8,10,22H,1-2H3/t24-/m1/s1. The molecular formula is C17H14N4O2S. The van der Waals surface area contributed by atoms with Crippen LogP contribution < -0.4 is 0 Å². The van der Waals surface area contributed by atoms with Gasteiger partial charge in [-0.2, -0.15) is 15.0 Å². The van der Waals surface area contributed by atoms with Crippen molar-refractivity contribution < 1.29 is 9.66 Å². The van der Waals surface area contributed by atoms with Gasteiger partial charge < -0.3 is 9.66 Å². The fraction of sp³-hybridized carbons (Fsp3) is 0.118. The van der Waals surface area contributed by atoms with Crippen molar-refractivity contribution in [3.8, 4) is 28.9 Å². The van der Waals surface area contributed by atoms with E-state index in [2.05, 4.69) is 16.2 Å². The number of aromatic hydroxyl groups is 1. The second-order valence-electron chi connectivity index (χ2n) is 5.19. The van der Waals surface area contributed by atoms with E-state index in [1.807, 2.05) is 0 Å². The van der Waals surface area contributed by atoms with Gasteiger partial charge in [-0.25, -0.2) is 4.98 Å². The van der Waals surface area contributed by atoms with Crippen molar-refractivity contribution in [3.63, 3.8) is 0 Å². The summed E-state index contributed by atoms with van der Waals surface area (Å²) in [5.74, 6) is 0.403. The topological polar surface area (TPSA) is 97.8 Å². The summed E-state index contributed by atoms with van der Waals surface area (Å²) in [4.78, 5) is 4.82. The molecule has 3 rings (SSSR count). The van der Waals surface area contributed by atoms with Gasteiger partial charge in [0.2, 0.25) is 5.88 Å². The minimum absolute atomic E-state index is 0.0323. The molecular weight excluding hydrogens is 324 g/mol. The molecule has 3 aromatic rings. The number of aryl methyl sites for hydroxylation is 1. The van der Waals surface area contributed by atoms with Crippen molar-refractivity contribution in [3.05, 3.63) is 53.9 Å². The maximum atomic E-state index is 11.4. The summed E-state index contributed by atoms with van der Waals surface area (Å²) in [6.45, 7) is 1.79. The number of benzene rings is 1. The molecule has 6 nitrogen and oxygen atoms in total. The second-order valence-corrected chi connectivity index (χ2v) is 6.57. The first-order chi connectivity index (χ1) is 11.5. The molecule has 0 unspecified atom stereocenters. The normalized spacial score (nSPS) is 11.9. The number of hydrogen-bond acceptors (Lipinski definition) is 5. The summed E-state index contributed by atoms with van der Waals surface area (Å²) < 4.78 is 12.8. The highest BCUT2D eigenvalue weighted by Crippen LogP contribution is 2.33. The molecule has 2 aromatic heterocycles. The van der Waals surface area contributed by atoms with Gasteiger partial charge in [0.05, 0.1) is 29.1 Å². The first-order valence-electron chi connectivity index (χ1n) is 7.10. The Hall–Kier alpha value is -2.82. The van der Waals surface area contributed by atoms with Gasteiger partial charge in [-0.05, 0) is 47.9 Å². The highest BCUT2D eigenvalue weighted by molar-refractivity contribution is 7.90. The summed E-state index contributed by atoms with van der Waals surface area (Å²) >= 11 is -1.11. The first-order valence-corrected chi connectivity index (χ1v) is 8.66. The maximum absolute atomic E-state index is 11.4. The number of aromatic nitrogens is 3. The predicted octanol–water partition coefficient (Wildman–Crippen LogP) is 2.56. The van der Waals surface area contributed by atoms with Crippen molar-refractivity contribution >= 4 is 11.2 Å². The van der Waals surface area contributed by atoms with Gasteiger partial charge in [-0.15, -0.1) is 0 Å². The number of rotatable bonds is 3. The quantitative estimate of drug-likeness (QED) is 0.740. The van der Waals surface area contributed by atoms with Crippen LogP contribution in [0.3, 0.4) is 0 Å². The Bertz CT molecular complexity index is 910. The van der Waals surface area contributed by atoms with Crippen LogP contribution in [0.4, 0.5) is 0 Å². The molecule has 120 valence electrons. The zero-order chi connectivity index (χ0) is 17.3. The molecule has 0 aliphatic carbocycles. The molecule has 0 fully saturated rings. The van der Waals surface area contributed by atoms with Crippen LogP contribution in [0.25, 0.3) is 16.9 Å². The minimum Gasteiger partial charge on any atom is -0.612 e. The van der Waals surface area contributed by atoms with Crippen LogP contribution in [-0.4, -0.2) is 30.7 Å². The average molecular weight is 338 g/mol. The first kappa shape index (κ1) is 16.1. The van der Waals surface area contributed by atoms with Gasteiger partial charge in [-0.1, -0.05) is 12.1 Å². The zero-order valence-corrected chi connectivity index (χ0v) is 13.9. The summed E-state index contributed by atoms with van der Waals surface area (Å²) in [5.41, 5.74) is 2.54. The lowest BCUT2D eigenvalue weighted by Gasteiger charge is -2.06. The van der Waals surface area contributed by atoms with Crippen molar-refractivity contribution in [2.24, 2.45) is 0 Å². The van der Waals surface area contributed by atoms with E-state index in [0.29, 0.717) is 27.5 Å². The highest BCUT2D eigenvalue weighted by Gasteiger charge is 2.18. The third kappa shape index (κ3) is 2.85. The smallest absolute Gasteiger partial charge is 0.223 e. The minimum atomic E-state index is -1.11. The summed E-state index contributed by atoms with van der Waals surface area (Å²) in [5, 5.41) is 23.8. The SMILES string of the molecule is Cc1nn(-c2ccc([S@@+](C)[O-])cn2)c(O)c1-c1ccc(C#N)cc1. The molecule has 1 aromatic carbocycles. The molecule has 1 atom stereocenters. The average Bonchev–Trinajstić information content (AvgIpc) is 2.89. The van der Waals surface area contributed by atoms with E-state index in [9.17, 15) is 9.66 Å². The van der Waals surface area contributed by atoms with Crippen LogP contribution >= 0.6 is 0 Å². The van der Waals surface area contributed by atoms with Crippen molar-refractivity contribution in [1.29, 1.82) is 5.26 Å². The van der Waals surface area contributed by atoms with Crippen LogP contribution in [0, 0.1) is 18.3 Å². The summed E-state index contributed by atoms with van der Waals surface area (Å²) in [6.07, 6.45) is 3.08. The van der Waals surface area contributed by atoms with E-state index in [4.69, 9.17) is 5.26 Å². The third-order valence-electron chi connectivity index (χ3n) is 3.61. The largest absolute Gasteiger partial charge is 0.612 e. The van der Waals surface area contributed by atoms with Crippen LogP contribution in [0.15, 0.2) is 47.5 Å². The van der Waals surface area contributed by atoms with Crippen LogP contribution in [0.2, 0.25) is 0 Å². The molecule has 0 saturated heterocycles. The molecule has 24 heavy (non-hydrogen) atoms. The third-order valence-corrected chi connectivity index (χ3v) is 4.51. The number of nitriles is 1.